The molecule has 0 unspecified atom stereocenters. The van der Waals surface area contributed by atoms with Crippen LogP contribution in [-0.4, -0.2) is 40.2 Å². The third kappa shape index (κ3) is 5.03. The summed E-state index contributed by atoms with van der Waals surface area (Å²) in [6, 6.07) is 4.11. The van der Waals surface area contributed by atoms with Gasteiger partial charge in [0, 0.05) is 18.1 Å². The Morgan fingerprint density at radius 3 is 2.74 bits per heavy atom. The SMILES string of the molecule is CC(C)(C)OC(=O)N[C@@H]1CCN(Cc2cc(O)cc(Cl)c2)C1=O. The van der Waals surface area contributed by atoms with Crippen molar-refractivity contribution in [1.82, 2.24) is 10.2 Å². The molecule has 0 saturated carbocycles. The highest BCUT2D eigenvalue weighted by Crippen LogP contribution is 2.23. The molecule has 126 valence electrons. The van der Waals surface area contributed by atoms with Gasteiger partial charge in [0.1, 0.15) is 17.4 Å². The Balaban J connectivity index is 1.95. The van der Waals surface area contributed by atoms with Gasteiger partial charge in [0.25, 0.3) is 0 Å². The lowest BCUT2D eigenvalue weighted by Gasteiger charge is -2.21. The maximum Gasteiger partial charge on any atom is 0.408 e. The van der Waals surface area contributed by atoms with Crippen LogP contribution in [-0.2, 0) is 16.1 Å². The average Bonchev–Trinajstić information content (AvgIpc) is 2.68. The number of phenols is 1. The van der Waals surface area contributed by atoms with Crippen LogP contribution in [0.1, 0.15) is 32.8 Å². The molecule has 1 aromatic carbocycles. The van der Waals surface area contributed by atoms with E-state index in [1.807, 2.05) is 0 Å². The number of rotatable bonds is 3. The number of aromatic hydroxyl groups is 1. The summed E-state index contributed by atoms with van der Waals surface area (Å²) in [6.45, 7) is 6.15. The summed E-state index contributed by atoms with van der Waals surface area (Å²) in [5.41, 5.74) is 0.130. The number of nitrogens with one attached hydrogen (secondary N) is 1. The molecule has 2 rings (SSSR count). The van der Waals surface area contributed by atoms with E-state index in [4.69, 9.17) is 16.3 Å². The monoisotopic (exact) mass is 340 g/mol. The molecular weight excluding hydrogens is 320 g/mol. The number of nitrogens with zero attached hydrogens (tertiary/aromatic N) is 1. The lowest BCUT2D eigenvalue weighted by atomic mass is 10.2. The minimum atomic E-state index is -0.607. The van der Waals surface area contributed by atoms with Gasteiger partial charge in [-0.3, -0.25) is 4.79 Å². The summed E-state index contributed by atoms with van der Waals surface area (Å²) in [4.78, 5) is 25.7. The van der Waals surface area contributed by atoms with E-state index in [0.29, 0.717) is 24.5 Å². The van der Waals surface area contributed by atoms with Gasteiger partial charge < -0.3 is 20.1 Å². The lowest BCUT2D eigenvalue weighted by molar-refractivity contribution is -0.129. The summed E-state index contributed by atoms with van der Waals surface area (Å²) in [5.74, 6) is -0.113. The first kappa shape index (κ1) is 17.4. The number of halogens is 1. The maximum atomic E-state index is 12.3. The predicted molar refractivity (Wildman–Crippen MR) is 86.3 cm³/mol. The second-order valence-electron chi connectivity index (χ2n) is 6.56. The molecule has 2 amide bonds. The van der Waals surface area contributed by atoms with Crippen molar-refractivity contribution in [3.05, 3.63) is 28.8 Å². The standard InChI is InChI=1S/C16H21ClN2O4/c1-16(2,3)23-15(22)18-13-4-5-19(14(13)21)9-10-6-11(17)8-12(20)7-10/h6-8,13,20H,4-5,9H2,1-3H3,(H,18,22)/t13-/m1/s1. The Kier molecular flexibility index (Phi) is 5.04. The number of ether oxygens (including phenoxy) is 1. The van der Waals surface area contributed by atoms with Crippen LogP contribution in [0.15, 0.2) is 18.2 Å². The van der Waals surface area contributed by atoms with Crippen molar-refractivity contribution in [2.45, 2.75) is 45.4 Å². The van der Waals surface area contributed by atoms with Gasteiger partial charge in [-0.1, -0.05) is 11.6 Å². The second-order valence-corrected chi connectivity index (χ2v) is 7.00. The van der Waals surface area contributed by atoms with Crippen LogP contribution < -0.4 is 5.32 Å². The van der Waals surface area contributed by atoms with Crippen molar-refractivity contribution in [3.63, 3.8) is 0 Å². The highest BCUT2D eigenvalue weighted by molar-refractivity contribution is 6.30. The van der Waals surface area contributed by atoms with Gasteiger partial charge in [-0.05, 0) is 51.0 Å². The number of likely N-dealkylation sites (tertiary alicyclic amines) is 1. The van der Waals surface area contributed by atoms with Gasteiger partial charge >= 0.3 is 6.09 Å². The molecule has 0 aromatic heterocycles. The van der Waals surface area contributed by atoms with E-state index in [1.165, 1.54) is 6.07 Å². The molecule has 2 N–H and O–H groups in total. The van der Waals surface area contributed by atoms with E-state index in [-0.39, 0.29) is 11.7 Å². The summed E-state index contributed by atoms with van der Waals surface area (Å²) in [7, 11) is 0. The number of hydrogen-bond acceptors (Lipinski definition) is 4. The topological polar surface area (TPSA) is 78.9 Å². The molecule has 7 heteroatoms. The number of hydrogen-bond donors (Lipinski definition) is 2. The number of phenolic OH excluding ortho intramolecular Hbond substituents is 1. The first-order valence-electron chi connectivity index (χ1n) is 7.41. The third-order valence-electron chi connectivity index (χ3n) is 3.30. The number of carbonyl (C=O) groups is 2. The Morgan fingerprint density at radius 1 is 1.43 bits per heavy atom. The molecule has 1 heterocycles. The van der Waals surface area contributed by atoms with Gasteiger partial charge in [0.2, 0.25) is 5.91 Å². The number of amides is 2. The van der Waals surface area contributed by atoms with Crippen LogP contribution in [0.3, 0.4) is 0 Å². The number of carbonyl (C=O) groups excluding carboxylic acids is 2. The van der Waals surface area contributed by atoms with E-state index in [1.54, 1.807) is 37.8 Å². The Labute approximate surface area is 140 Å². The minimum absolute atomic E-state index is 0.0579. The molecule has 1 fully saturated rings. The normalized spacial score (nSPS) is 18.2. The van der Waals surface area contributed by atoms with E-state index in [9.17, 15) is 14.7 Å². The second kappa shape index (κ2) is 6.66. The number of benzene rings is 1. The highest BCUT2D eigenvalue weighted by Gasteiger charge is 2.33. The molecule has 6 nitrogen and oxygen atoms in total. The van der Waals surface area contributed by atoms with Gasteiger partial charge in [-0.15, -0.1) is 0 Å². The fourth-order valence-corrected chi connectivity index (χ4v) is 2.68. The Hall–Kier alpha value is -1.95. The van der Waals surface area contributed by atoms with Crippen LogP contribution in [0.2, 0.25) is 5.02 Å². The lowest BCUT2D eigenvalue weighted by Crippen LogP contribution is -2.43. The molecule has 1 aliphatic heterocycles. The average molecular weight is 341 g/mol. The van der Waals surface area contributed by atoms with Crippen molar-refractivity contribution in [3.8, 4) is 5.75 Å². The minimum Gasteiger partial charge on any atom is -0.508 e. The quantitative estimate of drug-likeness (QED) is 0.886. The van der Waals surface area contributed by atoms with Gasteiger partial charge in [-0.25, -0.2) is 4.79 Å². The van der Waals surface area contributed by atoms with Crippen LogP contribution in [0.25, 0.3) is 0 Å². The van der Waals surface area contributed by atoms with Crippen molar-refractivity contribution in [2.75, 3.05) is 6.54 Å². The van der Waals surface area contributed by atoms with Crippen LogP contribution in [0.4, 0.5) is 4.79 Å². The summed E-state index contributed by atoms with van der Waals surface area (Å²) in [5, 5.41) is 12.6. The first-order chi connectivity index (χ1) is 10.6. The van der Waals surface area contributed by atoms with E-state index in [0.717, 1.165) is 5.56 Å². The number of alkyl carbamates (subject to hydrolysis) is 1. The zero-order valence-electron chi connectivity index (χ0n) is 13.4. The zero-order chi connectivity index (χ0) is 17.2. The van der Waals surface area contributed by atoms with E-state index < -0.39 is 17.7 Å². The molecule has 1 aromatic rings. The fourth-order valence-electron chi connectivity index (χ4n) is 2.42. The smallest absolute Gasteiger partial charge is 0.408 e. The van der Waals surface area contributed by atoms with Crippen molar-refractivity contribution in [1.29, 1.82) is 0 Å². The first-order valence-corrected chi connectivity index (χ1v) is 7.78. The molecular formula is C16H21ClN2O4. The molecule has 0 radical (unpaired) electrons. The van der Waals surface area contributed by atoms with Gasteiger partial charge in [0.05, 0.1) is 0 Å². The van der Waals surface area contributed by atoms with E-state index >= 15 is 0 Å². The van der Waals surface area contributed by atoms with Crippen molar-refractivity contribution < 1.29 is 19.4 Å². The summed E-state index contributed by atoms with van der Waals surface area (Å²) >= 11 is 5.89. The molecule has 1 aliphatic rings. The summed E-state index contributed by atoms with van der Waals surface area (Å²) < 4.78 is 5.16. The Bertz CT molecular complexity index is 592. The van der Waals surface area contributed by atoms with Crippen LogP contribution in [0.5, 0.6) is 5.75 Å². The predicted octanol–water partition coefficient (Wildman–Crippen LogP) is 2.67. The molecule has 1 atom stereocenters. The van der Waals surface area contributed by atoms with Gasteiger partial charge in [0.15, 0.2) is 0 Å². The van der Waals surface area contributed by atoms with E-state index in [2.05, 4.69) is 5.32 Å². The largest absolute Gasteiger partial charge is 0.508 e. The maximum absolute atomic E-state index is 12.3. The highest BCUT2D eigenvalue weighted by atomic mass is 35.5. The van der Waals surface area contributed by atoms with Gasteiger partial charge in [-0.2, -0.15) is 0 Å². The Morgan fingerprint density at radius 2 is 2.13 bits per heavy atom. The van der Waals surface area contributed by atoms with Crippen molar-refractivity contribution in [2.24, 2.45) is 0 Å². The third-order valence-corrected chi connectivity index (χ3v) is 3.52. The molecule has 1 saturated heterocycles. The zero-order valence-corrected chi connectivity index (χ0v) is 14.2. The van der Waals surface area contributed by atoms with Crippen LogP contribution in [0, 0.1) is 0 Å². The molecule has 0 bridgehead atoms. The molecule has 23 heavy (non-hydrogen) atoms. The molecule has 0 aliphatic carbocycles. The molecule has 0 spiro atoms. The summed E-state index contributed by atoms with van der Waals surface area (Å²) in [6.07, 6.45) is -0.0805. The van der Waals surface area contributed by atoms with Crippen LogP contribution >= 0.6 is 11.6 Å². The van der Waals surface area contributed by atoms with Crippen molar-refractivity contribution >= 4 is 23.6 Å². The fraction of sp³-hybridized carbons (Fsp3) is 0.500.